The highest BCUT2D eigenvalue weighted by molar-refractivity contribution is 8.22. The van der Waals surface area contributed by atoms with Crippen LogP contribution in [0.1, 0.15) is 24.0 Å². The summed E-state index contributed by atoms with van der Waals surface area (Å²) in [7, 11) is 0. The molecule has 1 unspecified atom stereocenters. The molecule has 1 atom stereocenters. The number of benzene rings is 1. The Kier molecular flexibility index (Phi) is 4.48. The molecule has 0 aliphatic heterocycles. The van der Waals surface area contributed by atoms with E-state index < -0.39 is 0 Å². The second-order valence-corrected chi connectivity index (χ2v) is 4.97. The van der Waals surface area contributed by atoms with Crippen molar-refractivity contribution in [1.29, 1.82) is 0 Å². The summed E-state index contributed by atoms with van der Waals surface area (Å²) in [6, 6.07) is 7.90. The van der Waals surface area contributed by atoms with Gasteiger partial charge >= 0.3 is 0 Å². The zero-order valence-corrected chi connectivity index (χ0v) is 10.7. The van der Waals surface area contributed by atoms with Crippen LogP contribution >= 0.6 is 24.0 Å². The van der Waals surface area contributed by atoms with E-state index >= 15 is 0 Å². The predicted octanol–water partition coefficient (Wildman–Crippen LogP) is 3.36. The van der Waals surface area contributed by atoms with Gasteiger partial charge in [-0.2, -0.15) is 0 Å². The molecule has 1 aromatic rings. The second kappa shape index (κ2) is 5.42. The van der Waals surface area contributed by atoms with Crippen molar-refractivity contribution in [1.82, 2.24) is 0 Å². The molecular formula is C12H14OS2. The van der Waals surface area contributed by atoms with Crippen molar-refractivity contribution in [3.05, 3.63) is 35.4 Å². The Morgan fingerprint density at radius 3 is 2.47 bits per heavy atom. The lowest BCUT2D eigenvalue weighted by Crippen LogP contribution is -2.16. The van der Waals surface area contributed by atoms with E-state index in [2.05, 4.69) is 0 Å². The summed E-state index contributed by atoms with van der Waals surface area (Å²) in [5.41, 5.74) is 2.15. The van der Waals surface area contributed by atoms with Gasteiger partial charge in [0.25, 0.3) is 0 Å². The van der Waals surface area contributed by atoms with E-state index in [1.165, 1.54) is 11.8 Å². The molecule has 3 heteroatoms. The number of carbonyl (C=O) groups excluding carboxylic acids is 1. The first kappa shape index (κ1) is 12.4. The van der Waals surface area contributed by atoms with Crippen molar-refractivity contribution >= 4 is 34.0 Å². The number of aryl methyl sites for hydroxylation is 1. The predicted molar refractivity (Wildman–Crippen MR) is 70.7 cm³/mol. The molecular weight excluding hydrogens is 224 g/mol. The Morgan fingerprint density at radius 1 is 1.40 bits per heavy atom. The molecule has 0 radical (unpaired) electrons. The molecule has 0 spiro atoms. The van der Waals surface area contributed by atoms with Gasteiger partial charge in [0.2, 0.25) is 0 Å². The fourth-order valence-electron chi connectivity index (χ4n) is 1.54. The Labute approximate surface area is 100 Å². The van der Waals surface area contributed by atoms with Crippen LogP contribution in [0, 0.1) is 6.92 Å². The minimum Gasteiger partial charge on any atom is -0.299 e. The van der Waals surface area contributed by atoms with Crippen LogP contribution in [0.15, 0.2) is 24.3 Å². The fourth-order valence-corrected chi connectivity index (χ4v) is 2.36. The van der Waals surface area contributed by atoms with E-state index in [0.717, 1.165) is 15.3 Å². The van der Waals surface area contributed by atoms with Crippen LogP contribution in [-0.2, 0) is 4.79 Å². The maximum atomic E-state index is 11.6. The Morgan fingerprint density at radius 2 is 2.00 bits per heavy atom. The largest absolute Gasteiger partial charge is 0.299 e. The maximum Gasteiger partial charge on any atom is 0.143 e. The van der Waals surface area contributed by atoms with Gasteiger partial charge in [0.05, 0.1) is 10.1 Å². The lowest BCUT2D eigenvalue weighted by atomic mass is 9.93. The summed E-state index contributed by atoms with van der Waals surface area (Å²) in [6.45, 7) is 3.60. The minimum atomic E-state index is -0.240. The Hall–Kier alpha value is -0.670. The van der Waals surface area contributed by atoms with Gasteiger partial charge in [0.1, 0.15) is 5.78 Å². The van der Waals surface area contributed by atoms with Crippen molar-refractivity contribution in [2.75, 3.05) is 6.26 Å². The summed E-state index contributed by atoms with van der Waals surface area (Å²) in [5, 5.41) is 0. The summed E-state index contributed by atoms with van der Waals surface area (Å²) in [4.78, 5) is 11.6. The van der Waals surface area contributed by atoms with E-state index in [9.17, 15) is 4.79 Å². The van der Waals surface area contributed by atoms with E-state index in [1.807, 2.05) is 37.4 Å². The molecule has 0 saturated carbocycles. The summed E-state index contributed by atoms with van der Waals surface area (Å²) >= 11 is 6.71. The van der Waals surface area contributed by atoms with Crippen molar-refractivity contribution < 1.29 is 4.79 Å². The van der Waals surface area contributed by atoms with Gasteiger partial charge in [-0.3, -0.25) is 4.79 Å². The molecule has 0 aromatic heterocycles. The number of ketones is 1. The molecule has 0 aliphatic rings. The molecule has 0 fully saturated rings. The van der Waals surface area contributed by atoms with Crippen molar-refractivity contribution in [3.8, 4) is 0 Å². The topological polar surface area (TPSA) is 17.1 Å². The van der Waals surface area contributed by atoms with Crippen LogP contribution in [0.4, 0.5) is 0 Å². The zero-order valence-electron chi connectivity index (χ0n) is 9.11. The lowest BCUT2D eigenvalue weighted by molar-refractivity contribution is -0.116. The van der Waals surface area contributed by atoms with Gasteiger partial charge in [0, 0.05) is 0 Å². The summed E-state index contributed by atoms with van der Waals surface area (Å²) in [5.74, 6) is -0.125. The van der Waals surface area contributed by atoms with E-state index in [1.54, 1.807) is 6.92 Å². The highest BCUT2D eigenvalue weighted by Gasteiger charge is 2.22. The van der Waals surface area contributed by atoms with Gasteiger partial charge in [-0.05, 0) is 31.2 Å². The van der Waals surface area contributed by atoms with Crippen LogP contribution in [-0.4, -0.2) is 16.2 Å². The highest BCUT2D eigenvalue weighted by Crippen LogP contribution is 2.26. The monoisotopic (exact) mass is 238 g/mol. The first-order valence-corrected chi connectivity index (χ1v) is 6.35. The molecule has 1 rings (SSSR count). The molecule has 15 heavy (non-hydrogen) atoms. The van der Waals surface area contributed by atoms with Gasteiger partial charge in [-0.1, -0.05) is 36.5 Å². The van der Waals surface area contributed by atoms with Crippen LogP contribution in [0.2, 0.25) is 0 Å². The third-order valence-corrected chi connectivity index (χ3v) is 3.72. The molecule has 0 bridgehead atoms. The lowest BCUT2D eigenvalue weighted by Gasteiger charge is -2.16. The number of thioether (sulfide) groups is 1. The number of rotatable bonds is 3. The van der Waals surface area contributed by atoms with Gasteiger partial charge in [-0.25, -0.2) is 0 Å². The summed E-state index contributed by atoms with van der Waals surface area (Å²) < 4.78 is 0.747. The quantitative estimate of drug-likeness (QED) is 0.752. The van der Waals surface area contributed by atoms with Crippen molar-refractivity contribution in [2.45, 2.75) is 19.8 Å². The smallest absolute Gasteiger partial charge is 0.143 e. The van der Waals surface area contributed by atoms with Crippen LogP contribution in [0.25, 0.3) is 0 Å². The Bertz CT molecular complexity index is 385. The zero-order chi connectivity index (χ0) is 11.4. The van der Waals surface area contributed by atoms with E-state index in [-0.39, 0.29) is 11.7 Å². The molecule has 0 amide bonds. The summed E-state index contributed by atoms with van der Waals surface area (Å²) in [6.07, 6.45) is 1.91. The Balaban J connectivity index is 3.16. The van der Waals surface area contributed by atoms with Gasteiger partial charge in [0.15, 0.2) is 0 Å². The SMILES string of the molecule is CSC(=S)C(C(C)=O)c1ccccc1C. The molecule has 1 nitrogen and oxygen atoms in total. The van der Waals surface area contributed by atoms with Crippen LogP contribution in [0.5, 0.6) is 0 Å². The van der Waals surface area contributed by atoms with Crippen molar-refractivity contribution in [3.63, 3.8) is 0 Å². The van der Waals surface area contributed by atoms with E-state index in [4.69, 9.17) is 12.2 Å². The number of hydrogen-bond donors (Lipinski definition) is 0. The number of thiocarbonyl (C=S) groups is 1. The van der Waals surface area contributed by atoms with Gasteiger partial charge in [-0.15, -0.1) is 11.8 Å². The van der Waals surface area contributed by atoms with Crippen molar-refractivity contribution in [2.24, 2.45) is 0 Å². The normalized spacial score (nSPS) is 12.2. The fraction of sp³-hybridized carbons (Fsp3) is 0.333. The first-order chi connectivity index (χ1) is 7.07. The maximum absolute atomic E-state index is 11.6. The van der Waals surface area contributed by atoms with Gasteiger partial charge < -0.3 is 0 Å². The number of hydrogen-bond acceptors (Lipinski definition) is 3. The molecule has 0 saturated heterocycles. The second-order valence-electron chi connectivity index (χ2n) is 3.42. The molecule has 1 aromatic carbocycles. The average molecular weight is 238 g/mol. The van der Waals surface area contributed by atoms with E-state index in [0.29, 0.717) is 0 Å². The number of Topliss-reactive ketones (excluding diaryl/α,β-unsaturated/α-hetero) is 1. The molecule has 80 valence electrons. The third-order valence-electron chi connectivity index (χ3n) is 2.34. The minimum absolute atomic E-state index is 0.114. The number of carbonyl (C=O) groups is 1. The molecule has 0 N–H and O–H groups in total. The molecule has 0 heterocycles. The first-order valence-electron chi connectivity index (χ1n) is 4.71. The van der Waals surface area contributed by atoms with Crippen LogP contribution in [0.3, 0.4) is 0 Å². The third kappa shape index (κ3) is 2.89. The molecule has 0 aliphatic carbocycles. The highest BCUT2D eigenvalue weighted by atomic mass is 32.2. The van der Waals surface area contributed by atoms with Crippen LogP contribution < -0.4 is 0 Å². The average Bonchev–Trinajstić information content (AvgIpc) is 2.20. The standard InChI is InChI=1S/C12H14OS2/c1-8-6-4-5-7-10(8)11(9(2)13)12(14)15-3/h4-7,11H,1-3H3.